The van der Waals surface area contributed by atoms with Crippen molar-refractivity contribution in [3.05, 3.63) is 47.0 Å². The first-order valence-corrected chi connectivity index (χ1v) is 7.66. The summed E-state index contributed by atoms with van der Waals surface area (Å²) in [6, 6.07) is 8.54. The second-order valence-corrected chi connectivity index (χ2v) is 6.41. The van der Waals surface area contributed by atoms with E-state index in [0.29, 0.717) is 14.9 Å². The Kier molecular flexibility index (Phi) is 3.95. The van der Waals surface area contributed by atoms with Gasteiger partial charge in [0.15, 0.2) is 6.04 Å². The average molecular weight is 333 g/mol. The molecule has 0 aliphatic carbocycles. The van der Waals surface area contributed by atoms with Crippen LogP contribution in [0.4, 0.5) is 0 Å². The van der Waals surface area contributed by atoms with E-state index in [1.54, 1.807) is 0 Å². The van der Waals surface area contributed by atoms with Gasteiger partial charge in [-0.15, -0.1) is 0 Å². The molecule has 6 nitrogen and oxygen atoms in total. The lowest BCUT2D eigenvalue weighted by Gasteiger charge is -2.15. The maximum atomic E-state index is 11.7. The highest BCUT2D eigenvalue weighted by atomic mass is 32.2. The van der Waals surface area contributed by atoms with Crippen LogP contribution < -0.4 is 5.32 Å². The van der Waals surface area contributed by atoms with Crippen LogP contribution in [-0.4, -0.2) is 38.1 Å². The summed E-state index contributed by atoms with van der Waals surface area (Å²) in [6.45, 7) is 0. The van der Waals surface area contributed by atoms with E-state index in [1.807, 2.05) is 30.3 Å². The van der Waals surface area contributed by atoms with Crippen molar-refractivity contribution in [3.63, 3.8) is 0 Å². The highest BCUT2D eigenvalue weighted by molar-refractivity contribution is 8.26. The maximum Gasteiger partial charge on any atom is 0.328 e. The van der Waals surface area contributed by atoms with E-state index in [2.05, 4.69) is 10.4 Å². The Morgan fingerprint density at radius 1 is 1.45 bits per heavy atom. The third kappa shape index (κ3) is 2.88. The quantitative estimate of drug-likeness (QED) is 0.645. The number of hydrazone groups is 1. The number of rotatable bonds is 3. The predicted molar refractivity (Wildman–Crippen MR) is 87.3 cm³/mol. The van der Waals surface area contributed by atoms with Gasteiger partial charge in [0.05, 0.1) is 10.6 Å². The molecule has 1 saturated heterocycles. The number of thioether (sulfide) groups is 1. The normalized spacial score (nSPS) is 22.9. The lowest BCUT2D eigenvalue weighted by molar-refractivity contribution is -0.141. The molecule has 1 atom stereocenters. The van der Waals surface area contributed by atoms with Crippen molar-refractivity contribution < 1.29 is 14.7 Å². The van der Waals surface area contributed by atoms with Gasteiger partial charge in [0.2, 0.25) is 0 Å². The van der Waals surface area contributed by atoms with E-state index in [0.717, 1.165) is 17.3 Å². The summed E-state index contributed by atoms with van der Waals surface area (Å²) >= 11 is 6.01. The molecular weight excluding hydrogens is 322 g/mol. The van der Waals surface area contributed by atoms with Gasteiger partial charge in [0.25, 0.3) is 5.91 Å². The number of nitrogens with one attached hydrogen (secondary N) is 1. The monoisotopic (exact) mass is 333 g/mol. The Balaban J connectivity index is 1.91. The second kappa shape index (κ2) is 5.90. The van der Waals surface area contributed by atoms with Gasteiger partial charge in [-0.25, -0.2) is 4.79 Å². The number of carboxylic acid groups (broad SMARTS) is 1. The molecule has 1 amide bonds. The third-order valence-electron chi connectivity index (χ3n) is 3.23. The van der Waals surface area contributed by atoms with E-state index in [-0.39, 0.29) is 12.3 Å². The van der Waals surface area contributed by atoms with Crippen LogP contribution in [0.1, 0.15) is 12.0 Å². The zero-order valence-electron chi connectivity index (χ0n) is 11.2. The summed E-state index contributed by atoms with van der Waals surface area (Å²) in [5.41, 5.74) is 1.55. The first kappa shape index (κ1) is 14.7. The van der Waals surface area contributed by atoms with Crippen molar-refractivity contribution in [2.24, 2.45) is 5.10 Å². The molecule has 22 heavy (non-hydrogen) atoms. The Morgan fingerprint density at radius 3 is 2.77 bits per heavy atom. The van der Waals surface area contributed by atoms with Crippen molar-refractivity contribution >= 4 is 45.9 Å². The third-order valence-corrected chi connectivity index (χ3v) is 4.38. The van der Waals surface area contributed by atoms with Gasteiger partial charge in [-0.05, 0) is 5.56 Å². The summed E-state index contributed by atoms with van der Waals surface area (Å²) in [5.74, 6) is -1.32. The smallest absolute Gasteiger partial charge is 0.328 e. The standard InChI is InChI=1S/C14H11N3O3S2/c18-12-11(22-14(21)15-12)7-17-10(13(19)20)6-9(16-17)8-4-2-1-3-5-8/h1-5,7,10H,6H2,(H,19,20)(H,15,18,21)/b11-7-/t10-/m0/s1. The van der Waals surface area contributed by atoms with Gasteiger partial charge >= 0.3 is 5.97 Å². The van der Waals surface area contributed by atoms with Crippen LogP contribution in [0.5, 0.6) is 0 Å². The van der Waals surface area contributed by atoms with Crippen molar-refractivity contribution in [1.82, 2.24) is 10.3 Å². The van der Waals surface area contributed by atoms with E-state index in [4.69, 9.17) is 12.2 Å². The number of thiocarbonyl (C=S) groups is 1. The van der Waals surface area contributed by atoms with Crippen molar-refractivity contribution in [1.29, 1.82) is 0 Å². The fraction of sp³-hybridized carbons (Fsp3) is 0.143. The number of benzene rings is 1. The van der Waals surface area contributed by atoms with E-state index in [1.165, 1.54) is 11.2 Å². The molecule has 0 aromatic heterocycles. The van der Waals surface area contributed by atoms with Crippen LogP contribution in [0.2, 0.25) is 0 Å². The first-order valence-electron chi connectivity index (χ1n) is 6.43. The molecule has 0 unspecified atom stereocenters. The first-order chi connectivity index (χ1) is 10.5. The fourth-order valence-corrected chi connectivity index (χ4v) is 3.19. The molecule has 8 heteroatoms. The molecule has 112 valence electrons. The maximum absolute atomic E-state index is 11.7. The predicted octanol–water partition coefficient (Wildman–Crippen LogP) is 1.54. The molecule has 1 aromatic rings. The summed E-state index contributed by atoms with van der Waals surface area (Å²) in [4.78, 5) is 23.5. The van der Waals surface area contributed by atoms with Crippen LogP contribution >= 0.6 is 24.0 Å². The van der Waals surface area contributed by atoms with Crippen LogP contribution in [-0.2, 0) is 9.59 Å². The van der Waals surface area contributed by atoms with Gasteiger partial charge in [0, 0.05) is 12.6 Å². The highest BCUT2D eigenvalue weighted by Crippen LogP contribution is 2.27. The minimum Gasteiger partial charge on any atom is -0.480 e. The van der Waals surface area contributed by atoms with Gasteiger partial charge in [-0.2, -0.15) is 5.10 Å². The molecule has 0 bridgehead atoms. The molecule has 3 rings (SSSR count). The summed E-state index contributed by atoms with van der Waals surface area (Å²) in [5, 5.41) is 17.5. The van der Waals surface area contributed by atoms with Crippen molar-refractivity contribution in [2.75, 3.05) is 0 Å². The minimum atomic E-state index is -0.988. The molecule has 2 heterocycles. The van der Waals surface area contributed by atoms with E-state index in [9.17, 15) is 14.7 Å². The number of hydrogen-bond donors (Lipinski definition) is 2. The Labute approximate surface area is 135 Å². The molecule has 2 aliphatic heterocycles. The molecule has 2 N–H and O–H groups in total. The van der Waals surface area contributed by atoms with Crippen LogP contribution in [0.3, 0.4) is 0 Å². The number of hydrogen-bond acceptors (Lipinski definition) is 6. The molecule has 0 saturated carbocycles. The molecule has 1 fully saturated rings. The Hall–Kier alpha value is -2.19. The number of amides is 1. The van der Waals surface area contributed by atoms with Gasteiger partial charge in [-0.3, -0.25) is 9.80 Å². The topological polar surface area (TPSA) is 82.0 Å². The molecule has 2 aliphatic rings. The zero-order chi connectivity index (χ0) is 15.7. The largest absolute Gasteiger partial charge is 0.480 e. The number of carbonyl (C=O) groups is 2. The molecule has 1 aromatic carbocycles. The van der Waals surface area contributed by atoms with Gasteiger partial charge in [-0.1, -0.05) is 54.3 Å². The van der Waals surface area contributed by atoms with Crippen LogP contribution in [0.15, 0.2) is 46.5 Å². The molecule has 0 spiro atoms. The lowest BCUT2D eigenvalue weighted by atomic mass is 10.0. The second-order valence-electron chi connectivity index (χ2n) is 4.69. The van der Waals surface area contributed by atoms with Crippen molar-refractivity contribution in [2.45, 2.75) is 12.5 Å². The Bertz CT molecular complexity index is 715. The number of carboxylic acids is 1. The summed E-state index contributed by atoms with van der Waals surface area (Å²) in [6.07, 6.45) is 1.72. The molecular formula is C14H11N3O3S2. The van der Waals surface area contributed by atoms with Crippen LogP contribution in [0, 0.1) is 0 Å². The summed E-state index contributed by atoms with van der Waals surface area (Å²) < 4.78 is 0.356. The lowest BCUT2D eigenvalue weighted by Crippen LogP contribution is -2.31. The zero-order valence-corrected chi connectivity index (χ0v) is 12.9. The Morgan fingerprint density at radius 2 is 2.18 bits per heavy atom. The van der Waals surface area contributed by atoms with Gasteiger partial charge < -0.3 is 10.4 Å². The SMILES string of the molecule is O=C1NC(=S)S/C1=C\N1N=C(c2ccccc2)C[C@H]1C(=O)O. The minimum absolute atomic E-state index is 0.278. The van der Waals surface area contributed by atoms with Crippen LogP contribution in [0.25, 0.3) is 0 Å². The van der Waals surface area contributed by atoms with Crippen molar-refractivity contribution in [3.8, 4) is 0 Å². The number of nitrogens with zero attached hydrogens (tertiary/aromatic N) is 2. The molecule has 0 radical (unpaired) electrons. The van der Waals surface area contributed by atoms with E-state index >= 15 is 0 Å². The van der Waals surface area contributed by atoms with Gasteiger partial charge in [0.1, 0.15) is 4.32 Å². The van der Waals surface area contributed by atoms with E-state index < -0.39 is 12.0 Å². The number of aliphatic carboxylic acids is 1. The summed E-state index contributed by atoms with van der Waals surface area (Å²) in [7, 11) is 0. The highest BCUT2D eigenvalue weighted by Gasteiger charge is 2.34. The fourth-order valence-electron chi connectivity index (χ4n) is 2.18. The average Bonchev–Trinajstić information content (AvgIpc) is 3.04. The number of carbonyl (C=O) groups excluding carboxylic acids is 1.